The lowest BCUT2D eigenvalue weighted by molar-refractivity contribution is 0.0884. The topological polar surface area (TPSA) is 60.9 Å². The van der Waals surface area contributed by atoms with Crippen molar-refractivity contribution in [2.24, 2.45) is 5.41 Å². The summed E-state index contributed by atoms with van der Waals surface area (Å²) in [6.07, 6.45) is 4.10. The number of hydrogen-bond donors (Lipinski definition) is 1. The number of amides is 1. The number of allylic oxidation sites excluding steroid dienone is 2. The second-order valence-corrected chi connectivity index (χ2v) is 12.2. The quantitative estimate of drug-likeness (QED) is 0.445. The molecular formula is C32H36F2N2O3. The molecule has 0 bridgehead atoms. The number of rotatable bonds is 4. The SMILES string of the molecule is CC(C)(C)C1CC(c2ccc3c(c2)CC(=CC2(F)CCN(Cc4ccccc4F)CC2)C3=O)=CCN1C(=O)O. The summed E-state index contributed by atoms with van der Waals surface area (Å²) in [6.45, 7) is 7.91. The van der Waals surface area contributed by atoms with E-state index in [0.717, 1.165) is 16.7 Å². The lowest BCUT2D eigenvalue weighted by Crippen LogP contribution is -2.48. The molecule has 0 radical (unpaired) electrons. The van der Waals surface area contributed by atoms with Crippen LogP contribution in [0.1, 0.15) is 67.1 Å². The van der Waals surface area contributed by atoms with Crippen LogP contribution in [0.2, 0.25) is 0 Å². The van der Waals surface area contributed by atoms with Crippen molar-refractivity contribution in [3.8, 4) is 0 Å². The minimum absolute atomic E-state index is 0.121. The zero-order valence-corrected chi connectivity index (χ0v) is 22.8. The molecule has 2 aromatic rings. The number of ketones is 1. The van der Waals surface area contributed by atoms with E-state index < -0.39 is 11.8 Å². The van der Waals surface area contributed by atoms with Gasteiger partial charge in [0.1, 0.15) is 11.5 Å². The number of carboxylic acid groups (broad SMARTS) is 1. The Balaban J connectivity index is 1.28. The van der Waals surface area contributed by atoms with Crippen LogP contribution in [0.15, 0.2) is 60.2 Å². The van der Waals surface area contributed by atoms with Gasteiger partial charge in [-0.3, -0.25) is 9.69 Å². The molecule has 1 N–H and O–H groups in total. The number of benzene rings is 2. The number of alkyl halides is 1. The molecule has 39 heavy (non-hydrogen) atoms. The van der Waals surface area contributed by atoms with Crippen LogP contribution in [-0.2, 0) is 13.0 Å². The largest absolute Gasteiger partial charge is 0.465 e. The highest BCUT2D eigenvalue weighted by Crippen LogP contribution is 2.39. The van der Waals surface area contributed by atoms with E-state index in [1.807, 2.05) is 45.0 Å². The highest BCUT2D eigenvalue weighted by molar-refractivity contribution is 6.13. The fourth-order valence-electron chi connectivity index (χ4n) is 6.10. The Labute approximate surface area is 228 Å². The number of Topliss-reactive ketones (excluding diaryl/α,β-unsaturated/α-hetero) is 1. The van der Waals surface area contributed by atoms with Crippen LogP contribution in [0, 0.1) is 11.2 Å². The molecule has 1 fully saturated rings. The number of likely N-dealkylation sites (tertiary alicyclic amines) is 1. The van der Waals surface area contributed by atoms with Crippen LogP contribution in [0.5, 0.6) is 0 Å². The smallest absolute Gasteiger partial charge is 0.407 e. The number of nitrogens with zero attached hydrogens (tertiary/aromatic N) is 2. The Morgan fingerprint density at radius 1 is 1.15 bits per heavy atom. The van der Waals surface area contributed by atoms with Gasteiger partial charge < -0.3 is 10.0 Å². The molecule has 2 aliphatic heterocycles. The third-order valence-corrected chi connectivity index (χ3v) is 8.43. The number of piperidine rings is 1. The van der Waals surface area contributed by atoms with Gasteiger partial charge in [0.15, 0.2) is 5.78 Å². The van der Waals surface area contributed by atoms with E-state index >= 15 is 4.39 Å². The average Bonchev–Trinajstić information content (AvgIpc) is 3.19. The van der Waals surface area contributed by atoms with Crippen molar-refractivity contribution in [3.63, 3.8) is 0 Å². The maximum Gasteiger partial charge on any atom is 0.407 e. The zero-order chi connectivity index (χ0) is 27.9. The molecule has 206 valence electrons. The maximum absolute atomic E-state index is 15.8. The van der Waals surface area contributed by atoms with E-state index in [1.54, 1.807) is 18.2 Å². The molecule has 0 spiro atoms. The number of hydrogen-bond acceptors (Lipinski definition) is 3. The van der Waals surface area contributed by atoms with Crippen LogP contribution >= 0.6 is 0 Å². The Morgan fingerprint density at radius 2 is 1.87 bits per heavy atom. The first-order valence-electron chi connectivity index (χ1n) is 13.7. The Morgan fingerprint density at radius 3 is 2.54 bits per heavy atom. The van der Waals surface area contributed by atoms with Crippen molar-refractivity contribution in [1.29, 1.82) is 0 Å². The highest BCUT2D eigenvalue weighted by Gasteiger charge is 2.38. The molecule has 1 saturated heterocycles. The summed E-state index contributed by atoms with van der Waals surface area (Å²) >= 11 is 0. The van der Waals surface area contributed by atoms with Gasteiger partial charge in [0.2, 0.25) is 0 Å². The number of fused-ring (bicyclic) bond motifs is 1. The van der Waals surface area contributed by atoms with Crippen LogP contribution in [-0.4, -0.2) is 58.1 Å². The summed E-state index contributed by atoms with van der Waals surface area (Å²) < 4.78 is 29.9. The Hall–Kier alpha value is -3.32. The Bertz CT molecular complexity index is 1350. The first-order valence-corrected chi connectivity index (χ1v) is 13.7. The predicted octanol–water partition coefficient (Wildman–Crippen LogP) is 6.68. The molecule has 3 aliphatic rings. The van der Waals surface area contributed by atoms with Gasteiger partial charge in [0.05, 0.1) is 0 Å². The maximum atomic E-state index is 15.8. The third kappa shape index (κ3) is 5.69. The van der Waals surface area contributed by atoms with Crippen molar-refractivity contribution >= 4 is 17.4 Å². The van der Waals surface area contributed by atoms with E-state index in [1.165, 1.54) is 17.0 Å². The van der Waals surface area contributed by atoms with Crippen molar-refractivity contribution in [1.82, 2.24) is 9.80 Å². The van der Waals surface area contributed by atoms with Crippen molar-refractivity contribution < 1.29 is 23.5 Å². The molecule has 2 aromatic carbocycles. The Kier molecular flexibility index (Phi) is 7.23. The monoisotopic (exact) mass is 534 g/mol. The summed E-state index contributed by atoms with van der Waals surface area (Å²) in [5, 5.41) is 9.67. The molecule has 5 rings (SSSR count). The lowest BCUT2D eigenvalue weighted by atomic mass is 9.79. The summed E-state index contributed by atoms with van der Waals surface area (Å²) in [7, 11) is 0. The van der Waals surface area contributed by atoms with Crippen LogP contribution in [0.4, 0.5) is 13.6 Å². The molecule has 5 nitrogen and oxygen atoms in total. The summed E-state index contributed by atoms with van der Waals surface area (Å²) in [4.78, 5) is 28.5. The van der Waals surface area contributed by atoms with Gasteiger partial charge >= 0.3 is 6.09 Å². The number of halogens is 2. The third-order valence-electron chi connectivity index (χ3n) is 8.43. The van der Waals surface area contributed by atoms with Gasteiger partial charge in [-0.2, -0.15) is 0 Å². The minimum Gasteiger partial charge on any atom is -0.465 e. The fraction of sp³-hybridized carbons (Fsp3) is 0.438. The second-order valence-electron chi connectivity index (χ2n) is 12.2. The zero-order valence-electron chi connectivity index (χ0n) is 22.8. The molecular weight excluding hydrogens is 498 g/mol. The molecule has 1 aliphatic carbocycles. The van der Waals surface area contributed by atoms with Crippen molar-refractivity contribution in [3.05, 3.63) is 88.3 Å². The summed E-state index contributed by atoms with van der Waals surface area (Å²) in [5.41, 5.74) is 2.88. The van der Waals surface area contributed by atoms with Gasteiger partial charge in [0, 0.05) is 55.3 Å². The summed E-state index contributed by atoms with van der Waals surface area (Å²) in [5.74, 6) is -0.368. The van der Waals surface area contributed by atoms with Gasteiger partial charge in [-0.05, 0) is 53.5 Å². The molecule has 0 saturated carbocycles. The fourth-order valence-corrected chi connectivity index (χ4v) is 6.10. The molecule has 1 atom stereocenters. The normalized spacial score (nSPS) is 22.6. The van der Waals surface area contributed by atoms with Gasteiger partial charge in [-0.15, -0.1) is 0 Å². The molecule has 7 heteroatoms. The lowest BCUT2D eigenvalue weighted by Gasteiger charge is -2.41. The highest BCUT2D eigenvalue weighted by atomic mass is 19.1. The first-order chi connectivity index (χ1) is 18.4. The van der Waals surface area contributed by atoms with Crippen LogP contribution in [0.3, 0.4) is 0 Å². The van der Waals surface area contributed by atoms with Crippen LogP contribution in [0.25, 0.3) is 5.57 Å². The van der Waals surface area contributed by atoms with E-state index in [2.05, 4.69) is 4.90 Å². The van der Waals surface area contributed by atoms with Crippen molar-refractivity contribution in [2.75, 3.05) is 19.6 Å². The summed E-state index contributed by atoms with van der Waals surface area (Å²) in [6, 6.07) is 12.3. The van der Waals surface area contributed by atoms with Gasteiger partial charge in [0.25, 0.3) is 0 Å². The number of carbonyl (C=O) groups is 2. The average molecular weight is 535 g/mol. The van der Waals surface area contributed by atoms with Gasteiger partial charge in [-0.25, -0.2) is 13.6 Å². The molecule has 1 amide bonds. The number of carbonyl (C=O) groups excluding carboxylic acids is 1. The predicted molar refractivity (Wildman–Crippen MR) is 148 cm³/mol. The van der Waals surface area contributed by atoms with Crippen LogP contribution < -0.4 is 0 Å². The van der Waals surface area contributed by atoms with Crippen molar-refractivity contribution in [2.45, 2.75) is 64.7 Å². The molecule has 0 aromatic heterocycles. The second kappa shape index (κ2) is 10.3. The van der Waals surface area contributed by atoms with Gasteiger partial charge in [-0.1, -0.05) is 63.2 Å². The molecule has 1 unspecified atom stereocenters. The molecule has 2 heterocycles. The van der Waals surface area contributed by atoms with E-state index in [4.69, 9.17) is 0 Å². The minimum atomic E-state index is -1.56. The van der Waals surface area contributed by atoms with E-state index in [0.29, 0.717) is 55.7 Å². The standard InChI is InChI=1S/C32H36F2N2O3/c1-31(2,3)28-18-22(10-13-36(28)30(38)39)21-8-9-26-24(16-21)17-25(29(26)37)19-32(34)11-14-35(15-12-32)20-23-6-4-5-7-27(23)33/h4-10,16,19,28H,11-15,17-18,20H2,1-3H3,(H,38,39). The van der Waals surface area contributed by atoms with E-state index in [9.17, 15) is 19.1 Å². The first kappa shape index (κ1) is 27.3. The van der Waals surface area contributed by atoms with E-state index in [-0.39, 0.29) is 35.9 Å².